The highest BCUT2D eigenvalue weighted by Crippen LogP contribution is 2.36. The molecule has 0 aliphatic heterocycles. The molecule has 1 fully saturated rings. The van der Waals surface area contributed by atoms with Crippen molar-refractivity contribution < 1.29 is 10.0 Å². The molecule has 1 aromatic rings. The number of carbonyl (C=O) groups is 1. The summed E-state index contributed by atoms with van der Waals surface area (Å²) in [5, 5.41) is 15.1. The highest BCUT2D eigenvalue weighted by molar-refractivity contribution is 6.06. The molecule has 0 radical (unpaired) electrons. The fourth-order valence-corrected chi connectivity index (χ4v) is 3.00. The maximum Gasteiger partial charge on any atom is 0.234 e. The second kappa shape index (κ2) is 6.61. The number of hydrogen-bond donors (Lipinski definition) is 3. The number of amidine groups is 1. The van der Waals surface area contributed by atoms with Crippen LogP contribution in [0.15, 0.2) is 29.4 Å². The molecule has 1 aromatic carbocycles. The average molecular weight is 289 g/mol. The van der Waals surface area contributed by atoms with Gasteiger partial charge in [-0.05, 0) is 30.9 Å². The van der Waals surface area contributed by atoms with E-state index in [4.69, 9.17) is 10.9 Å². The first kappa shape index (κ1) is 15.4. The van der Waals surface area contributed by atoms with Crippen LogP contribution < -0.4 is 11.1 Å². The van der Waals surface area contributed by atoms with E-state index in [1.807, 2.05) is 31.2 Å². The van der Waals surface area contributed by atoms with E-state index in [0.717, 1.165) is 30.4 Å². The minimum absolute atomic E-state index is 0.0319. The summed E-state index contributed by atoms with van der Waals surface area (Å²) in [5.41, 5.74) is 7.19. The lowest BCUT2D eigenvalue weighted by molar-refractivity contribution is -0.129. The van der Waals surface area contributed by atoms with Gasteiger partial charge in [-0.25, -0.2) is 0 Å². The third-order valence-corrected chi connectivity index (χ3v) is 4.44. The lowest BCUT2D eigenvalue weighted by atomic mass is 9.72. The van der Waals surface area contributed by atoms with Crippen molar-refractivity contribution in [2.75, 3.05) is 0 Å². The van der Waals surface area contributed by atoms with E-state index in [1.54, 1.807) is 0 Å². The molecule has 0 atom stereocenters. The van der Waals surface area contributed by atoms with Crippen molar-refractivity contribution in [2.45, 2.75) is 45.6 Å². The summed E-state index contributed by atoms with van der Waals surface area (Å²) in [7, 11) is 0. The second-order valence-electron chi connectivity index (χ2n) is 5.74. The van der Waals surface area contributed by atoms with Crippen molar-refractivity contribution in [3.05, 3.63) is 35.4 Å². The molecule has 0 unspecified atom stereocenters. The quantitative estimate of drug-likeness (QED) is 0.344. The second-order valence-corrected chi connectivity index (χ2v) is 5.74. The van der Waals surface area contributed by atoms with Crippen LogP contribution in [0.4, 0.5) is 0 Å². The molecule has 1 amide bonds. The molecular weight excluding hydrogens is 266 g/mol. The van der Waals surface area contributed by atoms with Crippen molar-refractivity contribution in [1.82, 2.24) is 5.32 Å². The van der Waals surface area contributed by atoms with Gasteiger partial charge in [-0.3, -0.25) is 4.79 Å². The van der Waals surface area contributed by atoms with Crippen LogP contribution in [0.25, 0.3) is 0 Å². The maximum atomic E-state index is 12.6. The van der Waals surface area contributed by atoms with Gasteiger partial charge >= 0.3 is 0 Å². The van der Waals surface area contributed by atoms with Crippen LogP contribution in [-0.4, -0.2) is 17.0 Å². The van der Waals surface area contributed by atoms with E-state index in [-0.39, 0.29) is 11.7 Å². The molecule has 0 heterocycles. The number of hydrogen-bond acceptors (Lipinski definition) is 3. The normalized spacial score (nSPS) is 18.2. The van der Waals surface area contributed by atoms with Crippen molar-refractivity contribution in [2.24, 2.45) is 16.3 Å². The number of nitrogens with one attached hydrogen (secondary N) is 1. The van der Waals surface area contributed by atoms with Crippen LogP contribution in [0.2, 0.25) is 0 Å². The summed E-state index contributed by atoms with van der Waals surface area (Å²) in [5.74, 6) is -0.106. The Balaban J connectivity index is 2.11. The number of oxime groups is 1. The Labute approximate surface area is 125 Å². The largest absolute Gasteiger partial charge is 0.409 e. The summed E-state index contributed by atoms with van der Waals surface area (Å²) in [6.45, 7) is 2.48. The molecular formula is C16H23N3O2. The number of amides is 1. The molecule has 0 aromatic heterocycles. The third kappa shape index (κ3) is 3.17. The summed E-state index contributed by atoms with van der Waals surface area (Å²) >= 11 is 0. The maximum absolute atomic E-state index is 12.6. The molecule has 114 valence electrons. The van der Waals surface area contributed by atoms with Gasteiger partial charge in [-0.2, -0.15) is 0 Å². The first-order valence-electron chi connectivity index (χ1n) is 7.41. The molecule has 1 aliphatic carbocycles. The number of nitrogens with two attached hydrogens (primary N) is 1. The molecule has 0 bridgehead atoms. The Morgan fingerprint density at radius 1 is 1.33 bits per heavy atom. The molecule has 5 nitrogen and oxygen atoms in total. The van der Waals surface area contributed by atoms with Crippen molar-refractivity contribution in [3.63, 3.8) is 0 Å². The van der Waals surface area contributed by atoms with Crippen LogP contribution in [0.1, 0.15) is 43.2 Å². The molecule has 2 rings (SSSR count). The van der Waals surface area contributed by atoms with Gasteiger partial charge in [0, 0.05) is 6.54 Å². The molecule has 21 heavy (non-hydrogen) atoms. The Morgan fingerprint density at radius 2 is 2.00 bits per heavy atom. The van der Waals surface area contributed by atoms with Gasteiger partial charge in [-0.15, -0.1) is 0 Å². The SMILES string of the molecule is Cc1ccccc1CNC(=O)C1(C(N)=NO)CCCCC1. The zero-order valence-electron chi connectivity index (χ0n) is 12.4. The number of nitrogens with zero attached hydrogens (tertiary/aromatic N) is 1. The first-order valence-corrected chi connectivity index (χ1v) is 7.41. The van der Waals surface area contributed by atoms with Crippen molar-refractivity contribution in [3.8, 4) is 0 Å². The summed E-state index contributed by atoms with van der Waals surface area (Å²) in [6.07, 6.45) is 4.22. The Hall–Kier alpha value is -2.04. The van der Waals surface area contributed by atoms with Crippen molar-refractivity contribution >= 4 is 11.7 Å². The summed E-state index contributed by atoms with van der Waals surface area (Å²) in [4.78, 5) is 12.6. The number of carbonyl (C=O) groups excluding carboxylic acids is 1. The number of rotatable bonds is 4. The van der Waals surface area contributed by atoms with Gasteiger partial charge in [-0.1, -0.05) is 48.7 Å². The lowest BCUT2D eigenvalue weighted by Crippen LogP contribution is -2.50. The highest BCUT2D eigenvalue weighted by atomic mass is 16.4. The summed E-state index contributed by atoms with van der Waals surface area (Å²) in [6, 6.07) is 7.93. The van der Waals surface area contributed by atoms with E-state index >= 15 is 0 Å². The Kier molecular flexibility index (Phi) is 4.83. The fourth-order valence-electron chi connectivity index (χ4n) is 3.00. The lowest BCUT2D eigenvalue weighted by Gasteiger charge is -2.34. The predicted molar refractivity (Wildman–Crippen MR) is 82.0 cm³/mol. The van der Waals surface area contributed by atoms with Crippen LogP contribution >= 0.6 is 0 Å². The van der Waals surface area contributed by atoms with E-state index in [2.05, 4.69) is 10.5 Å². The molecule has 4 N–H and O–H groups in total. The van der Waals surface area contributed by atoms with Gasteiger partial charge in [0.05, 0.1) is 0 Å². The molecule has 1 saturated carbocycles. The third-order valence-electron chi connectivity index (χ3n) is 4.44. The van der Waals surface area contributed by atoms with Crippen molar-refractivity contribution in [1.29, 1.82) is 0 Å². The van der Waals surface area contributed by atoms with Gasteiger partial charge < -0.3 is 16.3 Å². The van der Waals surface area contributed by atoms with E-state index in [0.29, 0.717) is 19.4 Å². The minimum atomic E-state index is -0.852. The van der Waals surface area contributed by atoms with Gasteiger partial charge in [0.2, 0.25) is 5.91 Å². The smallest absolute Gasteiger partial charge is 0.234 e. The Bertz CT molecular complexity index is 534. The number of benzene rings is 1. The fraction of sp³-hybridized carbons (Fsp3) is 0.500. The van der Waals surface area contributed by atoms with Crippen LogP contribution in [0, 0.1) is 12.3 Å². The first-order chi connectivity index (χ1) is 10.1. The minimum Gasteiger partial charge on any atom is -0.409 e. The van der Waals surface area contributed by atoms with Crippen LogP contribution in [0.3, 0.4) is 0 Å². The molecule has 0 saturated heterocycles. The van der Waals surface area contributed by atoms with Gasteiger partial charge in [0.15, 0.2) is 5.84 Å². The van der Waals surface area contributed by atoms with Crippen LogP contribution in [-0.2, 0) is 11.3 Å². The monoisotopic (exact) mass is 289 g/mol. The predicted octanol–water partition coefficient (Wildman–Crippen LogP) is 2.31. The number of aryl methyl sites for hydroxylation is 1. The van der Waals surface area contributed by atoms with E-state index in [1.165, 1.54) is 0 Å². The topological polar surface area (TPSA) is 87.7 Å². The molecule has 0 spiro atoms. The Morgan fingerprint density at radius 3 is 2.62 bits per heavy atom. The highest BCUT2D eigenvalue weighted by Gasteiger charge is 2.43. The molecule has 5 heteroatoms. The van der Waals surface area contributed by atoms with Crippen LogP contribution in [0.5, 0.6) is 0 Å². The zero-order chi connectivity index (χ0) is 15.3. The van der Waals surface area contributed by atoms with E-state index < -0.39 is 5.41 Å². The molecule has 1 aliphatic rings. The average Bonchev–Trinajstić information content (AvgIpc) is 2.53. The van der Waals surface area contributed by atoms with Gasteiger partial charge in [0.1, 0.15) is 5.41 Å². The zero-order valence-corrected chi connectivity index (χ0v) is 12.4. The van der Waals surface area contributed by atoms with Gasteiger partial charge in [0.25, 0.3) is 0 Å². The van der Waals surface area contributed by atoms with E-state index in [9.17, 15) is 4.79 Å². The summed E-state index contributed by atoms with van der Waals surface area (Å²) < 4.78 is 0. The standard InChI is InChI=1S/C16H23N3O2/c1-12-7-3-4-8-13(12)11-18-15(20)16(14(17)19-21)9-5-2-6-10-16/h3-4,7-8,21H,2,5-6,9-11H2,1H3,(H2,17,19)(H,18,20).